The highest BCUT2D eigenvalue weighted by Gasteiger charge is 2.32. The Labute approximate surface area is 239 Å². The van der Waals surface area contributed by atoms with Crippen LogP contribution in [0.25, 0.3) is 11.4 Å². The largest absolute Gasteiger partial charge is 0.485 e. The molecule has 0 N–H and O–H groups in total. The van der Waals surface area contributed by atoms with Gasteiger partial charge in [0, 0.05) is 30.2 Å². The number of amides is 1. The van der Waals surface area contributed by atoms with Gasteiger partial charge in [-0.3, -0.25) is 9.59 Å². The number of likely N-dealkylation sites (tertiary alicyclic amines) is 1. The summed E-state index contributed by atoms with van der Waals surface area (Å²) < 4.78 is 13.5. The van der Waals surface area contributed by atoms with E-state index >= 15 is 0 Å². The number of ether oxygens (including phenoxy) is 2. The molecule has 9 heteroatoms. The number of thiazole rings is 1. The predicted octanol–water partition coefficient (Wildman–Crippen LogP) is 7.07. The third kappa shape index (κ3) is 6.17. The second kappa shape index (κ2) is 12.6. The fraction of sp³-hybridized carbons (Fsp3) is 0.500. The number of halogens is 1. The minimum atomic E-state index is -0.149. The van der Waals surface area contributed by atoms with E-state index in [2.05, 4.69) is 16.9 Å². The third-order valence-corrected chi connectivity index (χ3v) is 9.00. The first-order valence-electron chi connectivity index (χ1n) is 14.0. The van der Waals surface area contributed by atoms with E-state index in [-0.39, 0.29) is 17.8 Å². The van der Waals surface area contributed by atoms with Crippen molar-refractivity contribution in [3.05, 3.63) is 57.0 Å². The Morgan fingerprint density at radius 2 is 1.85 bits per heavy atom. The number of esters is 1. The molecule has 7 nitrogen and oxygen atoms in total. The van der Waals surface area contributed by atoms with Gasteiger partial charge in [0.1, 0.15) is 17.4 Å². The molecule has 208 valence electrons. The van der Waals surface area contributed by atoms with Gasteiger partial charge in [-0.05, 0) is 57.7 Å². The number of nitrogens with zero attached hydrogens (tertiary/aromatic N) is 3. The number of carbonyl (C=O) groups excluding carboxylic acids is 2. The number of hydrogen-bond acceptors (Lipinski definition) is 6. The monoisotopic (exact) mass is 569 g/mol. The maximum Gasteiger partial charge on any atom is 0.309 e. The first-order valence-corrected chi connectivity index (χ1v) is 15.2. The molecule has 0 bridgehead atoms. The zero-order chi connectivity index (χ0) is 27.4. The van der Waals surface area contributed by atoms with E-state index in [0.717, 1.165) is 40.5 Å². The standard InChI is InChI=1S/C30H36ClN3O4S/c1-3-37-30(36)21-13-15-33(16-14-21)29(35)23-17-26(34(20(23)2)22-9-5-4-6-10-22)25-19-39-28(32-25)18-38-27-12-8-7-11-24(27)31/h7-8,11-12,17,19,21-22H,3-6,9-10,13-16,18H2,1-2H3. The summed E-state index contributed by atoms with van der Waals surface area (Å²) >= 11 is 7.80. The lowest BCUT2D eigenvalue weighted by Crippen LogP contribution is -2.40. The lowest BCUT2D eigenvalue weighted by atomic mass is 9.95. The van der Waals surface area contributed by atoms with Gasteiger partial charge in [0.15, 0.2) is 0 Å². The minimum Gasteiger partial charge on any atom is -0.485 e. The van der Waals surface area contributed by atoms with Crippen LogP contribution in [0.15, 0.2) is 35.7 Å². The molecule has 0 radical (unpaired) electrons. The van der Waals surface area contributed by atoms with Crippen LogP contribution in [0, 0.1) is 12.8 Å². The number of benzene rings is 1. The third-order valence-electron chi connectivity index (χ3n) is 7.87. The first kappa shape index (κ1) is 27.7. The highest BCUT2D eigenvalue weighted by Crippen LogP contribution is 2.37. The van der Waals surface area contributed by atoms with Crippen LogP contribution < -0.4 is 4.74 Å². The van der Waals surface area contributed by atoms with E-state index in [1.807, 2.05) is 42.2 Å². The van der Waals surface area contributed by atoms with E-state index < -0.39 is 0 Å². The molecule has 1 aromatic carbocycles. The molecule has 0 atom stereocenters. The molecule has 1 saturated carbocycles. The molecule has 2 fully saturated rings. The fourth-order valence-electron chi connectivity index (χ4n) is 5.79. The van der Waals surface area contributed by atoms with Gasteiger partial charge in [0.25, 0.3) is 5.91 Å². The molecule has 39 heavy (non-hydrogen) atoms. The van der Waals surface area contributed by atoms with Gasteiger partial charge in [-0.2, -0.15) is 0 Å². The second-order valence-corrected chi connectivity index (χ2v) is 11.7. The van der Waals surface area contributed by atoms with Crippen LogP contribution in [0.1, 0.15) is 79.0 Å². The SMILES string of the molecule is CCOC(=O)C1CCN(C(=O)c2cc(-c3csc(COc4ccccc4Cl)n3)n(C3CCCCC3)c2C)CC1. The quantitative estimate of drug-likeness (QED) is 0.271. The number of piperidine rings is 1. The van der Waals surface area contributed by atoms with Gasteiger partial charge in [0.05, 0.1) is 34.5 Å². The second-order valence-electron chi connectivity index (χ2n) is 10.4. The Morgan fingerprint density at radius 1 is 1.10 bits per heavy atom. The summed E-state index contributed by atoms with van der Waals surface area (Å²) in [7, 11) is 0. The molecule has 0 spiro atoms. The smallest absolute Gasteiger partial charge is 0.309 e. The van der Waals surface area contributed by atoms with E-state index in [0.29, 0.717) is 56.0 Å². The summed E-state index contributed by atoms with van der Waals surface area (Å²) in [4.78, 5) is 32.7. The molecule has 1 saturated heterocycles. The average Bonchev–Trinajstić information content (AvgIpc) is 3.57. The number of aromatic nitrogens is 2. The van der Waals surface area contributed by atoms with Crippen molar-refractivity contribution in [3.63, 3.8) is 0 Å². The number of para-hydroxylation sites is 1. The van der Waals surface area contributed by atoms with Gasteiger partial charge in [-0.25, -0.2) is 4.98 Å². The molecule has 1 aliphatic heterocycles. The average molecular weight is 570 g/mol. The van der Waals surface area contributed by atoms with Crippen LogP contribution in [-0.2, 0) is 16.1 Å². The van der Waals surface area contributed by atoms with Crippen molar-refractivity contribution >= 4 is 34.8 Å². The Morgan fingerprint density at radius 3 is 2.56 bits per heavy atom. The summed E-state index contributed by atoms with van der Waals surface area (Å²) in [6.07, 6.45) is 7.14. The highest BCUT2D eigenvalue weighted by molar-refractivity contribution is 7.09. The molecule has 0 unspecified atom stereocenters. The van der Waals surface area contributed by atoms with Gasteiger partial charge in [-0.1, -0.05) is 43.0 Å². The van der Waals surface area contributed by atoms with Crippen molar-refractivity contribution in [2.45, 2.75) is 71.4 Å². The molecule has 3 aromatic rings. The summed E-state index contributed by atoms with van der Waals surface area (Å²) in [5, 5.41) is 3.48. The zero-order valence-electron chi connectivity index (χ0n) is 22.7. The Kier molecular flexibility index (Phi) is 8.92. The lowest BCUT2D eigenvalue weighted by molar-refractivity contribution is -0.149. The van der Waals surface area contributed by atoms with Crippen molar-refractivity contribution in [1.29, 1.82) is 0 Å². The first-order chi connectivity index (χ1) is 19.0. The van der Waals surface area contributed by atoms with Crippen molar-refractivity contribution in [2.24, 2.45) is 5.92 Å². The van der Waals surface area contributed by atoms with Crippen LogP contribution in [0.5, 0.6) is 5.75 Å². The van der Waals surface area contributed by atoms with E-state index in [1.165, 1.54) is 19.3 Å². The van der Waals surface area contributed by atoms with Gasteiger partial charge in [0.2, 0.25) is 0 Å². The maximum atomic E-state index is 13.7. The topological polar surface area (TPSA) is 73.7 Å². The maximum absolute atomic E-state index is 13.7. The van der Waals surface area contributed by atoms with Crippen LogP contribution in [0.3, 0.4) is 0 Å². The Bertz CT molecular complexity index is 1310. The number of carbonyl (C=O) groups is 2. The summed E-state index contributed by atoms with van der Waals surface area (Å²) in [6.45, 7) is 5.73. The Balaban J connectivity index is 1.37. The highest BCUT2D eigenvalue weighted by atomic mass is 35.5. The number of hydrogen-bond donors (Lipinski definition) is 0. The summed E-state index contributed by atoms with van der Waals surface area (Å²) in [5.74, 6) is 0.392. The van der Waals surface area contributed by atoms with E-state index in [4.69, 9.17) is 26.1 Å². The van der Waals surface area contributed by atoms with Crippen molar-refractivity contribution in [2.75, 3.05) is 19.7 Å². The summed E-state index contributed by atoms with van der Waals surface area (Å²) in [6, 6.07) is 9.81. The molecular formula is C30H36ClN3O4S. The van der Waals surface area contributed by atoms with Crippen LogP contribution in [0.4, 0.5) is 0 Å². The molecule has 1 amide bonds. The van der Waals surface area contributed by atoms with Crippen molar-refractivity contribution < 1.29 is 19.1 Å². The van der Waals surface area contributed by atoms with Gasteiger partial charge in [-0.15, -0.1) is 11.3 Å². The molecule has 1 aliphatic carbocycles. The molecule has 3 heterocycles. The number of rotatable bonds is 8. The minimum absolute atomic E-state index is 0.0307. The zero-order valence-corrected chi connectivity index (χ0v) is 24.2. The van der Waals surface area contributed by atoms with E-state index in [1.54, 1.807) is 11.3 Å². The van der Waals surface area contributed by atoms with Crippen LogP contribution in [-0.4, -0.2) is 46.0 Å². The molecule has 5 rings (SSSR count). The van der Waals surface area contributed by atoms with Crippen molar-refractivity contribution in [1.82, 2.24) is 14.5 Å². The predicted molar refractivity (Wildman–Crippen MR) is 153 cm³/mol. The van der Waals surface area contributed by atoms with E-state index in [9.17, 15) is 9.59 Å². The molecule has 2 aliphatic rings. The van der Waals surface area contributed by atoms with Crippen LogP contribution in [0.2, 0.25) is 5.02 Å². The lowest BCUT2D eigenvalue weighted by Gasteiger charge is -2.31. The van der Waals surface area contributed by atoms with Gasteiger partial charge < -0.3 is 18.9 Å². The fourth-order valence-corrected chi connectivity index (χ4v) is 6.68. The summed E-state index contributed by atoms with van der Waals surface area (Å²) in [5.41, 5.74) is 3.58. The molecule has 2 aromatic heterocycles. The van der Waals surface area contributed by atoms with Crippen molar-refractivity contribution in [3.8, 4) is 17.1 Å². The molecular weight excluding hydrogens is 534 g/mol. The van der Waals surface area contributed by atoms with Crippen LogP contribution >= 0.6 is 22.9 Å². The normalized spacial score (nSPS) is 16.8. The van der Waals surface area contributed by atoms with Gasteiger partial charge >= 0.3 is 5.97 Å². The Hall–Kier alpha value is -2.84.